The van der Waals surface area contributed by atoms with Gasteiger partial charge in [-0.15, -0.1) is 11.8 Å². The van der Waals surface area contributed by atoms with Crippen LogP contribution in [-0.2, 0) is 9.53 Å². The molecule has 1 amide bonds. The maximum atomic E-state index is 12.4. The molecule has 0 spiro atoms. The Bertz CT molecular complexity index is 584. The minimum atomic E-state index is 0.107. The summed E-state index contributed by atoms with van der Waals surface area (Å²) in [6.07, 6.45) is 6.18. The molecule has 1 heterocycles. The molecule has 26 heavy (non-hydrogen) atoms. The molecule has 3 rings (SSSR count). The number of ether oxygens (including phenoxy) is 2. The fourth-order valence-electron chi connectivity index (χ4n) is 4.01. The topological polar surface area (TPSA) is 50.8 Å². The second kappa shape index (κ2) is 9.62. The van der Waals surface area contributed by atoms with E-state index in [-0.39, 0.29) is 11.4 Å². The molecule has 1 aliphatic carbocycles. The van der Waals surface area contributed by atoms with E-state index in [4.69, 9.17) is 9.47 Å². The summed E-state index contributed by atoms with van der Waals surface area (Å²) in [6, 6.07) is 7.85. The van der Waals surface area contributed by atoms with Crippen molar-refractivity contribution in [3.8, 4) is 5.75 Å². The molecule has 1 saturated carbocycles. The number of morpholine rings is 1. The number of nitrogens with zero attached hydrogens (tertiary/aromatic N) is 1. The van der Waals surface area contributed by atoms with E-state index in [1.807, 2.05) is 24.3 Å². The Balaban J connectivity index is 1.52. The fraction of sp³-hybridized carbons (Fsp3) is 0.650. The number of amides is 1. The lowest BCUT2D eigenvalue weighted by atomic mass is 9.79. The van der Waals surface area contributed by atoms with Crippen molar-refractivity contribution in [2.45, 2.75) is 42.5 Å². The van der Waals surface area contributed by atoms with Gasteiger partial charge in [-0.1, -0.05) is 25.3 Å². The molecule has 1 aromatic rings. The van der Waals surface area contributed by atoms with Gasteiger partial charge in [-0.25, -0.2) is 0 Å². The smallest absolute Gasteiger partial charge is 0.230 e. The zero-order valence-corrected chi connectivity index (χ0v) is 16.5. The molecule has 0 bridgehead atoms. The van der Waals surface area contributed by atoms with Crippen molar-refractivity contribution < 1.29 is 14.3 Å². The molecule has 2 aliphatic rings. The van der Waals surface area contributed by atoms with E-state index in [1.54, 1.807) is 18.9 Å². The number of carbonyl (C=O) groups excluding carboxylic acids is 1. The lowest BCUT2D eigenvalue weighted by molar-refractivity contribution is -0.119. The summed E-state index contributed by atoms with van der Waals surface area (Å²) in [7, 11) is 1.66. The van der Waals surface area contributed by atoms with Crippen LogP contribution in [0.3, 0.4) is 0 Å². The van der Waals surface area contributed by atoms with Crippen molar-refractivity contribution in [2.24, 2.45) is 0 Å². The second-order valence-electron chi connectivity index (χ2n) is 7.13. The zero-order valence-electron chi connectivity index (χ0n) is 15.7. The van der Waals surface area contributed by atoms with Gasteiger partial charge in [-0.3, -0.25) is 9.69 Å². The Morgan fingerprint density at radius 1 is 1.27 bits per heavy atom. The first-order valence-electron chi connectivity index (χ1n) is 9.58. The summed E-state index contributed by atoms with van der Waals surface area (Å²) in [5.41, 5.74) is 0.123. The maximum absolute atomic E-state index is 12.4. The van der Waals surface area contributed by atoms with Crippen LogP contribution < -0.4 is 10.1 Å². The summed E-state index contributed by atoms with van der Waals surface area (Å²) >= 11 is 1.55. The van der Waals surface area contributed by atoms with Crippen molar-refractivity contribution in [3.63, 3.8) is 0 Å². The summed E-state index contributed by atoms with van der Waals surface area (Å²) in [5, 5.41) is 3.22. The summed E-state index contributed by atoms with van der Waals surface area (Å²) in [4.78, 5) is 16.0. The molecule has 2 fully saturated rings. The quantitative estimate of drug-likeness (QED) is 0.740. The van der Waals surface area contributed by atoms with Gasteiger partial charge in [0.2, 0.25) is 5.91 Å². The average Bonchev–Trinajstić information content (AvgIpc) is 2.72. The highest BCUT2D eigenvalue weighted by Crippen LogP contribution is 2.34. The van der Waals surface area contributed by atoms with E-state index in [9.17, 15) is 4.79 Å². The van der Waals surface area contributed by atoms with Crippen molar-refractivity contribution in [2.75, 3.05) is 45.7 Å². The van der Waals surface area contributed by atoms with Crippen LogP contribution in [0, 0.1) is 0 Å². The van der Waals surface area contributed by atoms with Gasteiger partial charge in [0.15, 0.2) is 0 Å². The number of thioether (sulfide) groups is 1. The Morgan fingerprint density at radius 3 is 2.77 bits per heavy atom. The molecule has 6 heteroatoms. The first kappa shape index (κ1) is 19.5. The monoisotopic (exact) mass is 378 g/mol. The minimum absolute atomic E-state index is 0.107. The average molecular weight is 379 g/mol. The van der Waals surface area contributed by atoms with Crippen LogP contribution in [-0.4, -0.2) is 62.1 Å². The van der Waals surface area contributed by atoms with E-state index in [0.29, 0.717) is 5.75 Å². The van der Waals surface area contributed by atoms with E-state index in [2.05, 4.69) is 10.2 Å². The predicted octanol–water partition coefficient (Wildman–Crippen LogP) is 2.94. The predicted molar refractivity (Wildman–Crippen MR) is 105 cm³/mol. The van der Waals surface area contributed by atoms with Crippen molar-refractivity contribution in [1.82, 2.24) is 10.2 Å². The molecule has 0 radical (unpaired) electrons. The van der Waals surface area contributed by atoms with Crippen molar-refractivity contribution >= 4 is 17.7 Å². The van der Waals surface area contributed by atoms with E-state index >= 15 is 0 Å². The normalized spacial score (nSPS) is 20.5. The van der Waals surface area contributed by atoms with E-state index in [0.717, 1.165) is 43.5 Å². The highest BCUT2D eigenvalue weighted by atomic mass is 32.2. The Morgan fingerprint density at radius 2 is 2.04 bits per heavy atom. The number of nitrogens with one attached hydrogen (secondary N) is 1. The largest absolute Gasteiger partial charge is 0.497 e. The van der Waals surface area contributed by atoms with Crippen LogP contribution in [0.25, 0.3) is 0 Å². The standard InChI is InChI=1S/C20H30N2O3S/c1-24-17-6-5-7-18(14-17)26-15-19(23)21-16-20(8-3-2-4-9-20)22-10-12-25-13-11-22/h5-7,14H,2-4,8-13,15-16H2,1H3,(H,21,23). The Hall–Kier alpha value is -1.24. The Kier molecular flexibility index (Phi) is 7.23. The molecule has 1 aliphatic heterocycles. The van der Waals surface area contributed by atoms with Gasteiger partial charge < -0.3 is 14.8 Å². The molecule has 1 aromatic carbocycles. The fourth-order valence-corrected chi connectivity index (χ4v) is 4.78. The van der Waals surface area contributed by atoms with Crippen LogP contribution in [0.2, 0.25) is 0 Å². The molecule has 5 nitrogen and oxygen atoms in total. The lowest BCUT2D eigenvalue weighted by Gasteiger charge is -2.48. The molecule has 1 saturated heterocycles. The molecule has 0 atom stereocenters. The van der Waals surface area contributed by atoms with E-state index < -0.39 is 0 Å². The first-order valence-corrected chi connectivity index (χ1v) is 10.6. The van der Waals surface area contributed by atoms with Crippen LogP contribution in [0.1, 0.15) is 32.1 Å². The third-order valence-electron chi connectivity index (χ3n) is 5.49. The van der Waals surface area contributed by atoms with Gasteiger partial charge >= 0.3 is 0 Å². The zero-order chi connectivity index (χ0) is 18.2. The number of hydrogen-bond acceptors (Lipinski definition) is 5. The van der Waals surface area contributed by atoms with Crippen LogP contribution >= 0.6 is 11.8 Å². The van der Waals surface area contributed by atoms with Crippen LogP contribution in [0.15, 0.2) is 29.2 Å². The Labute approximate surface area is 160 Å². The number of carbonyl (C=O) groups is 1. The van der Waals surface area contributed by atoms with Gasteiger partial charge in [-0.2, -0.15) is 0 Å². The summed E-state index contributed by atoms with van der Waals surface area (Å²) < 4.78 is 10.8. The second-order valence-corrected chi connectivity index (χ2v) is 8.18. The molecular weight excluding hydrogens is 348 g/mol. The van der Waals surface area contributed by atoms with Crippen molar-refractivity contribution in [3.05, 3.63) is 24.3 Å². The third-order valence-corrected chi connectivity index (χ3v) is 6.49. The van der Waals surface area contributed by atoms with Crippen LogP contribution in [0.5, 0.6) is 5.75 Å². The van der Waals surface area contributed by atoms with Gasteiger partial charge in [-0.05, 0) is 31.0 Å². The summed E-state index contributed by atoms with van der Waals surface area (Å²) in [5.74, 6) is 1.37. The highest BCUT2D eigenvalue weighted by molar-refractivity contribution is 8.00. The number of hydrogen-bond donors (Lipinski definition) is 1. The number of methoxy groups -OCH3 is 1. The summed E-state index contributed by atoms with van der Waals surface area (Å²) in [6.45, 7) is 4.33. The SMILES string of the molecule is COc1cccc(SCC(=O)NCC2(N3CCOCC3)CCCCC2)c1. The minimum Gasteiger partial charge on any atom is -0.497 e. The van der Waals surface area contributed by atoms with Crippen molar-refractivity contribution in [1.29, 1.82) is 0 Å². The number of benzene rings is 1. The lowest BCUT2D eigenvalue weighted by Crippen LogP contribution is -2.59. The van der Waals surface area contributed by atoms with E-state index in [1.165, 1.54) is 32.1 Å². The highest BCUT2D eigenvalue weighted by Gasteiger charge is 2.38. The van der Waals surface area contributed by atoms with Gasteiger partial charge in [0, 0.05) is 30.1 Å². The van der Waals surface area contributed by atoms with Gasteiger partial charge in [0.25, 0.3) is 0 Å². The van der Waals surface area contributed by atoms with Crippen LogP contribution in [0.4, 0.5) is 0 Å². The third kappa shape index (κ3) is 5.15. The molecule has 144 valence electrons. The molecule has 0 unspecified atom stereocenters. The van der Waals surface area contributed by atoms with Gasteiger partial charge in [0.1, 0.15) is 5.75 Å². The number of rotatable bonds is 7. The molecule has 0 aromatic heterocycles. The maximum Gasteiger partial charge on any atom is 0.230 e. The first-order chi connectivity index (χ1) is 12.7. The molecule has 1 N–H and O–H groups in total. The molecular formula is C20H30N2O3S. The van der Waals surface area contributed by atoms with Gasteiger partial charge in [0.05, 0.1) is 26.1 Å².